The second-order valence-electron chi connectivity index (χ2n) is 7.85. The third-order valence-corrected chi connectivity index (χ3v) is 6.14. The number of hydrogen-bond acceptors (Lipinski definition) is 5. The van der Waals surface area contributed by atoms with Crippen LogP contribution in [0.25, 0.3) is 0 Å². The fraction of sp³-hybridized carbons (Fsp3) is 0.550. The van der Waals surface area contributed by atoms with Gasteiger partial charge in [0, 0.05) is 50.2 Å². The normalized spacial score (nSPS) is 29.0. The van der Waals surface area contributed by atoms with Crippen LogP contribution < -0.4 is 10.6 Å². The summed E-state index contributed by atoms with van der Waals surface area (Å²) in [7, 11) is 0. The van der Waals surface area contributed by atoms with Gasteiger partial charge >= 0.3 is 0 Å². The van der Waals surface area contributed by atoms with Crippen molar-refractivity contribution in [3.8, 4) is 0 Å². The van der Waals surface area contributed by atoms with E-state index in [2.05, 4.69) is 35.4 Å². The number of piperidine rings is 1. The molecule has 3 heterocycles. The second-order valence-corrected chi connectivity index (χ2v) is 7.85. The van der Waals surface area contributed by atoms with Crippen molar-refractivity contribution in [2.24, 2.45) is 0 Å². The second kappa shape index (κ2) is 7.05. The molecule has 0 radical (unpaired) electrons. The Morgan fingerprint density at radius 3 is 2.78 bits per heavy atom. The zero-order valence-electron chi connectivity index (χ0n) is 15.8. The van der Waals surface area contributed by atoms with Crippen LogP contribution in [0.15, 0.2) is 18.2 Å². The summed E-state index contributed by atoms with van der Waals surface area (Å²) in [6, 6.07) is 6.35. The number of benzene rings is 1. The molecule has 2 N–H and O–H groups in total. The molecule has 2 saturated heterocycles. The molecule has 0 spiro atoms. The van der Waals surface area contributed by atoms with Gasteiger partial charge in [-0.05, 0) is 37.5 Å². The highest BCUT2D eigenvalue weighted by molar-refractivity contribution is 6.05. The van der Waals surface area contributed by atoms with E-state index in [0.29, 0.717) is 30.6 Å². The van der Waals surface area contributed by atoms with Gasteiger partial charge in [-0.15, -0.1) is 0 Å². The topological polar surface area (TPSA) is 81.8 Å². The highest BCUT2D eigenvalue weighted by Crippen LogP contribution is 2.28. The third-order valence-electron chi connectivity index (χ3n) is 6.14. The molecule has 3 aliphatic rings. The lowest BCUT2D eigenvalue weighted by molar-refractivity contribution is -0.136. The van der Waals surface area contributed by atoms with Crippen molar-refractivity contribution in [3.63, 3.8) is 0 Å². The number of hydrogen-bond donors (Lipinski definition) is 2. The predicted octanol–water partition coefficient (Wildman–Crippen LogP) is 0.630. The minimum atomic E-state index is -0.555. The van der Waals surface area contributed by atoms with Crippen molar-refractivity contribution in [2.75, 3.05) is 13.1 Å². The van der Waals surface area contributed by atoms with Gasteiger partial charge in [0.2, 0.25) is 11.8 Å². The van der Waals surface area contributed by atoms with Crippen molar-refractivity contribution in [3.05, 3.63) is 34.9 Å². The van der Waals surface area contributed by atoms with Crippen molar-refractivity contribution in [2.45, 2.75) is 57.9 Å². The zero-order valence-corrected chi connectivity index (χ0v) is 15.8. The van der Waals surface area contributed by atoms with E-state index < -0.39 is 6.04 Å². The molecule has 0 saturated carbocycles. The predicted molar refractivity (Wildman–Crippen MR) is 99.8 cm³/mol. The summed E-state index contributed by atoms with van der Waals surface area (Å²) in [6.07, 6.45) is 0.675. The molecule has 3 aliphatic heterocycles. The number of rotatable bonds is 3. The van der Waals surface area contributed by atoms with Crippen LogP contribution in [0.4, 0.5) is 0 Å². The van der Waals surface area contributed by atoms with Crippen molar-refractivity contribution >= 4 is 17.7 Å². The molecule has 1 unspecified atom stereocenters. The number of nitrogens with one attached hydrogen (secondary N) is 2. The average Bonchev–Trinajstić information content (AvgIpc) is 2.95. The number of nitrogens with zero attached hydrogens (tertiary/aromatic N) is 2. The van der Waals surface area contributed by atoms with E-state index in [4.69, 9.17) is 0 Å². The number of carbonyl (C=O) groups is 3. The van der Waals surface area contributed by atoms with Crippen LogP contribution in [0, 0.1) is 0 Å². The Morgan fingerprint density at radius 1 is 1.19 bits per heavy atom. The Kier molecular flexibility index (Phi) is 4.74. The fourth-order valence-corrected chi connectivity index (χ4v) is 4.31. The van der Waals surface area contributed by atoms with Gasteiger partial charge in [0.25, 0.3) is 5.91 Å². The van der Waals surface area contributed by atoms with Gasteiger partial charge in [-0.25, -0.2) is 0 Å². The lowest BCUT2D eigenvalue weighted by Crippen LogP contribution is -2.54. The number of imide groups is 1. The Balaban J connectivity index is 1.49. The van der Waals surface area contributed by atoms with E-state index in [1.807, 2.05) is 12.1 Å². The largest absolute Gasteiger partial charge is 0.322 e. The zero-order chi connectivity index (χ0) is 19.1. The van der Waals surface area contributed by atoms with Crippen LogP contribution in [0.3, 0.4) is 0 Å². The maximum atomic E-state index is 12.8. The molecule has 7 heteroatoms. The Morgan fingerprint density at radius 2 is 2.00 bits per heavy atom. The van der Waals surface area contributed by atoms with Crippen LogP contribution >= 0.6 is 0 Å². The molecule has 1 aromatic rings. The minimum absolute atomic E-state index is 0.116. The Bertz CT molecular complexity index is 793. The number of carbonyl (C=O) groups excluding carboxylic acids is 3. The van der Waals surface area contributed by atoms with Gasteiger partial charge in [0.1, 0.15) is 6.04 Å². The van der Waals surface area contributed by atoms with E-state index in [1.165, 1.54) is 5.56 Å². The molecule has 0 bridgehead atoms. The van der Waals surface area contributed by atoms with Crippen molar-refractivity contribution < 1.29 is 14.4 Å². The first kappa shape index (κ1) is 18.1. The highest BCUT2D eigenvalue weighted by Gasteiger charge is 2.39. The monoisotopic (exact) mass is 370 g/mol. The molecule has 0 aromatic heterocycles. The van der Waals surface area contributed by atoms with E-state index in [1.54, 1.807) is 4.90 Å². The summed E-state index contributed by atoms with van der Waals surface area (Å²) in [5.74, 6) is -0.742. The number of fused-ring (bicyclic) bond motifs is 1. The first-order valence-electron chi connectivity index (χ1n) is 9.68. The summed E-state index contributed by atoms with van der Waals surface area (Å²) < 4.78 is 0. The number of amides is 3. The molecular weight excluding hydrogens is 344 g/mol. The third kappa shape index (κ3) is 3.37. The molecular formula is C20H26N4O3. The fourth-order valence-electron chi connectivity index (χ4n) is 4.31. The van der Waals surface area contributed by atoms with Gasteiger partial charge in [0.15, 0.2) is 0 Å². The smallest absolute Gasteiger partial charge is 0.255 e. The van der Waals surface area contributed by atoms with Gasteiger partial charge in [-0.3, -0.25) is 24.6 Å². The van der Waals surface area contributed by atoms with Crippen LogP contribution in [0.1, 0.15) is 48.2 Å². The lowest BCUT2D eigenvalue weighted by atomic mass is 10.0. The highest BCUT2D eigenvalue weighted by atomic mass is 16.2. The molecule has 3 atom stereocenters. The molecule has 3 amide bonds. The molecule has 2 fully saturated rings. The van der Waals surface area contributed by atoms with E-state index in [-0.39, 0.29) is 24.1 Å². The van der Waals surface area contributed by atoms with Crippen LogP contribution in [-0.4, -0.2) is 58.7 Å². The average molecular weight is 370 g/mol. The first-order chi connectivity index (χ1) is 12.9. The quantitative estimate of drug-likeness (QED) is 0.763. The van der Waals surface area contributed by atoms with Gasteiger partial charge in [0.05, 0.1) is 0 Å². The molecule has 7 nitrogen and oxygen atoms in total. The SMILES string of the molecule is C[C@H]1NCCN(Cc2ccc3c(c2)CN(C2CCC(=O)NC2=O)C3=O)[C@H]1C. The summed E-state index contributed by atoms with van der Waals surface area (Å²) in [5, 5.41) is 5.83. The lowest BCUT2D eigenvalue weighted by Gasteiger charge is -2.38. The van der Waals surface area contributed by atoms with E-state index in [0.717, 1.165) is 25.2 Å². The molecule has 0 aliphatic carbocycles. The van der Waals surface area contributed by atoms with Gasteiger partial charge in [-0.2, -0.15) is 0 Å². The summed E-state index contributed by atoms with van der Waals surface area (Å²) in [6.45, 7) is 7.71. The summed E-state index contributed by atoms with van der Waals surface area (Å²) in [5.41, 5.74) is 2.83. The molecule has 4 rings (SSSR count). The van der Waals surface area contributed by atoms with Crippen molar-refractivity contribution in [1.29, 1.82) is 0 Å². The minimum Gasteiger partial charge on any atom is -0.322 e. The standard InChI is InChI=1S/C20H26N4O3/c1-12-13(2)23(8-7-21-12)10-14-3-4-16-15(9-14)11-24(20(16)27)17-5-6-18(25)22-19(17)26/h3-4,9,12-13,17,21H,5-8,10-11H2,1-2H3,(H,22,25,26)/t12-,13+,17?/m1/s1. The Hall–Kier alpha value is -2.25. The molecule has 144 valence electrons. The van der Waals surface area contributed by atoms with Crippen LogP contribution in [-0.2, 0) is 22.7 Å². The van der Waals surface area contributed by atoms with E-state index in [9.17, 15) is 14.4 Å². The van der Waals surface area contributed by atoms with Crippen LogP contribution in [0.2, 0.25) is 0 Å². The summed E-state index contributed by atoms with van der Waals surface area (Å²) >= 11 is 0. The number of piperazine rings is 1. The van der Waals surface area contributed by atoms with E-state index >= 15 is 0 Å². The molecule has 1 aromatic carbocycles. The first-order valence-corrected chi connectivity index (χ1v) is 9.68. The van der Waals surface area contributed by atoms with Crippen LogP contribution in [0.5, 0.6) is 0 Å². The molecule has 27 heavy (non-hydrogen) atoms. The van der Waals surface area contributed by atoms with Gasteiger partial charge in [-0.1, -0.05) is 12.1 Å². The Labute approximate surface area is 159 Å². The maximum Gasteiger partial charge on any atom is 0.255 e. The maximum absolute atomic E-state index is 12.8. The summed E-state index contributed by atoms with van der Waals surface area (Å²) in [4.78, 5) is 40.3. The van der Waals surface area contributed by atoms with Gasteiger partial charge < -0.3 is 10.2 Å². The van der Waals surface area contributed by atoms with Crippen molar-refractivity contribution in [1.82, 2.24) is 20.4 Å².